The van der Waals surface area contributed by atoms with Gasteiger partial charge in [-0.05, 0) is 24.1 Å². The topological polar surface area (TPSA) is 67.6 Å². The predicted molar refractivity (Wildman–Crippen MR) is 84.5 cm³/mol. The molecule has 0 aliphatic carbocycles. The lowest BCUT2D eigenvalue weighted by molar-refractivity contribution is -0.121. The second kappa shape index (κ2) is 7.64. The third-order valence-electron chi connectivity index (χ3n) is 3.78. The Morgan fingerprint density at radius 1 is 1.57 bits per heavy atom. The molecule has 1 saturated heterocycles. The first-order valence-electron chi connectivity index (χ1n) is 7.14. The van der Waals surface area contributed by atoms with Crippen molar-refractivity contribution in [3.63, 3.8) is 0 Å². The highest BCUT2D eigenvalue weighted by molar-refractivity contribution is 6.30. The highest BCUT2D eigenvalue weighted by Gasteiger charge is 2.27. The lowest BCUT2D eigenvalue weighted by Crippen LogP contribution is -2.28. The van der Waals surface area contributed by atoms with Crippen LogP contribution in [0.25, 0.3) is 0 Å². The molecule has 6 heteroatoms. The van der Waals surface area contributed by atoms with Gasteiger partial charge in [0.2, 0.25) is 5.91 Å². The van der Waals surface area contributed by atoms with Crippen LogP contribution in [-0.2, 0) is 16.1 Å². The molecule has 3 N–H and O–H groups in total. The fraction of sp³-hybridized carbons (Fsp3) is 0.533. The third kappa shape index (κ3) is 4.33. The number of benzene rings is 1. The van der Waals surface area contributed by atoms with E-state index in [1.54, 1.807) is 7.11 Å². The van der Waals surface area contributed by atoms with Gasteiger partial charge >= 0.3 is 0 Å². The van der Waals surface area contributed by atoms with Gasteiger partial charge in [-0.1, -0.05) is 17.7 Å². The molecule has 1 aromatic carbocycles. The molecule has 1 aliphatic heterocycles. The molecule has 1 heterocycles. The van der Waals surface area contributed by atoms with E-state index in [-0.39, 0.29) is 11.8 Å². The van der Waals surface area contributed by atoms with Gasteiger partial charge in [0.25, 0.3) is 0 Å². The number of hydrogen-bond donors (Lipinski definition) is 2. The number of carbonyl (C=O) groups excluding carboxylic acids is 1. The van der Waals surface area contributed by atoms with E-state index in [1.807, 2.05) is 18.2 Å². The van der Waals surface area contributed by atoms with Crippen molar-refractivity contribution in [3.8, 4) is 0 Å². The molecular formula is C15H22ClN3O2. The van der Waals surface area contributed by atoms with E-state index in [0.29, 0.717) is 18.2 Å². The number of ether oxygens (including phenoxy) is 1. The Morgan fingerprint density at radius 3 is 3.05 bits per heavy atom. The largest absolute Gasteiger partial charge is 0.383 e. The minimum Gasteiger partial charge on any atom is -0.383 e. The maximum Gasteiger partial charge on any atom is 0.222 e. The normalized spacial score (nSPS) is 18.2. The summed E-state index contributed by atoms with van der Waals surface area (Å²) in [6.07, 6.45) is 0.804. The van der Waals surface area contributed by atoms with Gasteiger partial charge in [0, 0.05) is 44.0 Å². The van der Waals surface area contributed by atoms with E-state index >= 15 is 0 Å². The Balaban J connectivity index is 2.07. The average molecular weight is 312 g/mol. The van der Waals surface area contributed by atoms with Crippen LogP contribution in [0.5, 0.6) is 0 Å². The number of carbonyl (C=O) groups is 1. The Bertz CT molecular complexity index is 496. The van der Waals surface area contributed by atoms with Crippen LogP contribution >= 0.6 is 11.6 Å². The average Bonchev–Trinajstić information content (AvgIpc) is 2.94. The van der Waals surface area contributed by atoms with Crippen LogP contribution in [0.2, 0.25) is 5.02 Å². The van der Waals surface area contributed by atoms with Crippen LogP contribution in [0.3, 0.4) is 0 Å². The van der Waals surface area contributed by atoms with Crippen molar-refractivity contribution >= 4 is 23.2 Å². The van der Waals surface area contributed by atoms with Crippen LogP contribution in [0.15, 0.2) is 18.2 Å². The Labute approximate surface area is 130 Å². The number of primary amides is 1. The molecule has 1 atom stereocenters. The van der Waals surface area contributed by atoms with Crippen molar-refractivity contribution in [2.45, 2.75) is 13.0 Å². The van der Waals surface area contributed by atoms with E-state index in [0.717, 1.165) is 31.7 Å². The van der Waals surface area contributed by atoms with E-state index in [9.17, 15) is 4.79 Å². The number of hydrogen-bond acceptors (Lipinski definition) is 4. The third-order valence-corrected chi connectivity index (χ3v) is 4.01. The summed E-state index contributed by atoms with van der Waals surface area (Å²) < 4.78 is 5.02. The van der Waals surface area contributed by atoms with Crippen molar-refractivity contribution in [1.82, 2.24) is 5.32 Å². The zero-order valence-electron chi connectivity index (χ0n) is 12.3. The molecule has 1 fully saturated rings. The molecular weight excluding hydrogens is 290 g/mol. The lowest BCUT2D eigenvalue weighted by Gasteiger charge is -2.22. The summed E-state index contributed by atoms with van der Waals surface area (Å²) in [6, 6.07) is 5.87. The van der Waals surface area contributed by atoms with Crippen LogP contribution in [-0.4, -0.2) is 39.3 Å². The molecule has 0 radical (unpaired) electrons. The van der Waals surface area contributed by atoms with E-state index in [2.05, 4.69) is 10.2 Å². The molecule has 1 unspecified atom stereocenters. The maximum absolute atomic E-state index is 11.3. The first-order valence-corrected chi connectivity index (χ1v) is 7.52. The van der Waals surface area contributed by atoms with Gasteiger partial charge < -0.3 is 20.7 Å². The molecule has 0 saturated carbocycles. The summed E-state index contributed by atoms with van der Waals surface area (Å²) in [5, 5.41) is 4.04. The van der Waals surface area contributed by atoms with Gasteiger partial charge in [-0.2, -0.15) is 0 Å². The number of nitrogens with one attached hydrogen (secondary N) is 1. The van der Waals surface area contributed by atoms with Crippen molar-refractivity contribution < 1.29 is 9.53 Å². The molecule has 1 amide bonds. The quantitative estimate of drug-likeness (QED) is 0.747. The second-order valence-electron chi connectivity index (χ2n) is 5.28. The van der Waals surface area contributed by atoms with Crippen LogP contribution in [0.4, 0.5) is 5.69 Å². The van der Waals surface area contributed by atoms with Gasteiger partial charge in [-0.15, -0.1) is 0 Å². The van der Waals surface area contributed by atoms with E-state index in [1.165, 1.54) is 5.56 Å². The van der Waals surface area contributed by atoms with Gasteiger partial charge in [0.15, 0.2) is 0 Å². The molecule has 0 aromatic heterocycles. The van der Waals surface area contributed by atoms with Crippen molar-refractivity contribution in [1.29, 1.82) is 0 Å². The summed E-state index contributed by atoms with van der Waals surface area (Å²) >= 11 is 6.12. The summed E-state index contributed by atoms with van der Waals surface area (Å²) in [4.78, 5) is 13.5. The zero-order valence-corrected chi connectivity index (χ0v) is 13.0. The van der Waals surface area contributed by atoms with E-state index < -0.39 is 0 Å². The molecule has 5 nitrogen and oxygen atoms in total. The highest BCUT2D eigenvalue weighted by atomic mass is 35.5. The fourth-order valence-electron chi connectivity index (χ4n) is 2.59. The second-order valence-corrected chi connectivity index (χ2v) is 5.71. The predicted octanol–water partition coefficient (Wildman–Crippen LogP) is 1.39. The molecule has 0 spiro atoms. The molecule has 1 aliphatic rings. The number of rotatable bonds is 7. The van der Waals surface area contributed by atoms with Crippen LogP contribution in [0.1, 0.15) is 12.0 Å². The first-order chi connectivity index (χ1) is 10.1. The lowest BCUT2D eigenvalue weighted by atomic mass is 10.1. The van der Waals surface area contributed by atoms with Crippen LogP contribution in [0, 0.1) is 5.92 Å². The van der Waals surface area contributed by atoms with Gasteiger partial charge in [0.05, 0.1) is 12.5 Å². The van der Waals surface area contributed by atoms with Gasteiger partial charge in [-0.25, -0.2) is 0 Å². The maximum atomic E-state index is 11.3. The van der Waals surface area contributed by atoms with Crippen LogP contribution < -0.4 is 16.0 Å². The molecule has 116 valence electrons. The monoisotopic (exact) mass is 311 g/mol. The number of anilines is 1. The summed E-state index contributed by atoms with van der Waals surface area (Å²) in [6.45, 7) is 3.71. The standard InChI is InChI=1S/C15H22ClN3O2/c1-21-7-5-18-9-11-2-3-13(16)8-14(11)19-6-4-12(10-19)15(17)20/h2-3,8,12,18H,4-7,9-10H2,1H3,(H2,17,20). The minimum absolute atomic E-state index is 0.0710. The minimum atomic E-state index is -0.223. The molecule has 2 rings (SSSR count). The fourth-order valence-corrected chi connectivity index (χ4v) is 2.76. The highest BCUT2D eigenvalue weighted by Crippen LogP contribution is 2.29. The Morgan fingerprint density at radius 2 is 2.38 bits per heavy atom. The summed E-state index contributed by atoms with van der Waals surface area (Å²) in [5.41, 5.74) is 7.65. The smallest absolute Gasteiger partial charge is 0.222 e. The van der Waals surface area contributed by atoms with Gasteiger partial charge in [0.1, 0.15) is 0 Å². The number of nitrogens with two attached hydrogens (primary N) is 1. The number of halogens is 1. The van der Waals surface area contributed by atoms with Crippen molar-refractivity contribution in [3.05, 3.63) is 28.8 Å². The Hall–Kier alpha value is -1.30. The number of amides is 1. The Kier molecular flexibility index (Phi) is 5.85. The molecule has 21 heavy (non-hydrogen) atoms. The molecule has 1 aromatic rings. The van der Waals surface area contributed by atoms with Crippen molar-refractivity contribution in [2.75, 3.05) is 38.3 Å². The van der Waals surface area contributed by atoms with Gasteiger partial charge in [-0.3, -0.25) is 4.79 Å². The van der Waals surface area contributed by atoms with Crippen molar-refractivity contribution in [2.24, 2.45) is 11.7 Å². The summed E-state index contributed by atoms with van der Waals surface area (Å²) in [5.74, 6) is -0.294. The zero-order chi connectivity index (χ0) is 15.2. The summed E-state index contributed by atoms with van der Waals surface area (Å²) in [7, 11) is 1.68. The molecule has 0 bridgehead atoms. The number of nitrogens with zero attached hydrogens (tertiary/aromatic N) is 1. The number of methoxy groups -OCH3 is 1. The SMILES string of the molecule is COCCNCc1ccc(Cl)cc1N1CCC(C(N)=O)C1. The van der Waals surface area contributed by atoms with E-state index in [4.69, 9.17) is 22.1 Å². The first kappa shape index (κ1) is 16.1.